The van der Waals surface area contributed by atoms with Gasteiger partial charge in [-0.15, -0.1) is 0 Å². The second-order valence-corrected chi connectivity index (χ2v) is 7.84. The van der Waals surface area contributed by atoms with Crippen molar-refractivity contribution in [3.63, 3.8) is 0 Å². The second-order valence-electron chi connectivity index (χ2n) is 7.84. The third kappa shape index (κ3) is 3.29. The molecule has 1 atom stereocenters. The smallest absolute Gasteiger partial charge is 0.323 e. The Labute approximate surface area is 190 Å². The summed E-state index contributed by atoms with van der Waals surface area (Å²) in [6.07, 6.45) is 0. The van der Waals surface area contributed by atoms with Gasteiger partial charge in [-0.05, 0) is 35.9 Å². The van der Waals surface area contributed by atoms with Gasteiger partial charge in [-0.2, -0.15) is 0 Å². The molecule has 2 N–H and O–H groups in total. The Morgan fingerprint density at radius 1 is 1.00 bits per heavy atom. The van der Waals surface area contributed by atoms with E-state index in [4.69, 9.17) is 9.47 Å². The zero-order chi connectivity index (χ0) is 23.1. The number of hydrogen-bond donors (Lipinski definition) is 2. The molecular weight excluding hydrogens is 420 g/mol. The van der Waals surface area contributed by atoms with Crippen LogP contribution in [-0.4, -0.2) is 47.6 Å². The lowest BCUT2D eigenvalue weighted by Gasteiger charge is -2.25. The van der Waals surface area contributed by atoms with Gasteiger partial charge in [0.15, 0.2) is 0 Å². The summed E-state index contributed by atoms with van der Waals surface area (Å²) >= 11 is 0. The molecule has 7 nitrogen and oxygen atoms in total. The average Bonchev–Trinajstić information content (AvgIpc) is 3.33. The van der Waals surface area contributed by atoms with Crippen molar-refractivity contribution in [1.82, 2.24) is 9.88 Å². The Bertz CT molecular complexity index is 1390. The number of hydrogen-bond acceptors (Lipinski definition) is 4. The molecule has 0 bridgehead atoms. The molecule has 0 saturated carbocycles. The Morgan fingerprint density at radius 3 is 2.52 bits per heavy atom. The molecule has 0 fully saturated rings. The van der Waals surface area contributed by atoms with E-state index in [1.165, 1.54) is 4.90 Å². The highest BCUT2D eigenvalue weighted by Gasteiger charge is 2.41. The van der Waals surface area contributed by atoms with Gasteiger partial charge in [0.25, 0.3) is 5.91 Å². The van der Waals surface area contributed by atoms with Crippen LogP contribution in [0.3, 0.4) is 0 Å². The predicted molar refractivity (Wildman–Crippen MR) is 124 cm³/mol. The van der Waals surface area contributed by atoms with Crippen molar-refractivity contribution in [3.8, 4) is 22.8 Å². The quantitative estimate of drug-likeness (QED) is 0.459. The normalized spacial score (nSPS) is 15.0. The summed E-state index contributed by atoms with van der Waals surface area (Å²) in [5.41, 5.74) is 4.48. The van der Waals surface area contributed by atoms with Gasteiger partial charge in [0.05, 0.1) is 26.0 Å². The van der Waals surface area contributed by atoms with Gasteiger partial charge in [0.2, 0.25) is 0 Å². The van der Waals surface area contributed by atoms with Crippen LogP contribution in [0.25, 0.3) is 22.2 Å². The van der Waals surface area contributed by atoms with E-state index in [0.29, 0.717) is 17.1 Å². The molecule has 4 aromatic rings. The fourth-order valence-corrected chi connectivity index (χ4v) is 4.66. The highest BCUT2D eigenvalue weighted by atomic mass is 16.5. The SMILES string of the molecule is COc1ccc(OC)c(-c2[nH]c3ccccc3c2[C@@H]2c3ccccc3C(=O)N2CC(=O)O)c1. The van der Waals surface area contributed by atoms with Crippen LogP contribution in [0.4, 0.5) is 0 Å². The van der Waals surface area contributed by atoms with Crippen LogP contribution >= 0.6 is 0 Å². The number of aliphatic carboxylic acids is 1. The topological polar surface area (TPSA) is 91.9 Å². The number of aromatic amines is 1. The fraction of sp³-hybridized carbons (Fsp3) is 0.154. The van der Waals surface area contributed by atoms with Crippen molar-refractivity contribution in [2.24, 2.45) is 0 Å². The number of carbonyl (C=O) groups is 2. The lowest BCUT2D eigenvalue weighted by molar-refractivity contribution is -0.138. The number of nitrogens with one attached hydrogen (secondary N) is 1. The van der Waals surface area contributed by atoms with E-state index < -0.39 is 18.6 Å². The average molecular weight is 442 g/mol. The number of carboxylic acids is 1. The summed E-state index contributed by atoms with van der Waals surface area (Å²) in [6.45, 7) is -0.410. The third-order valence-corrected chi connectivity index (χ3v) is 6.06. The molecule has 5 rings (SSSR count). The molecule has 0 radical (unpaired) electrons. The first-order valence-electron chi connectivity index (χ1n) is 10.5. The Morgan fingerprint density at radius 2 is 1.76 bits per heavy atom. The number of fused-ring (bicyclic) bond motifs is 2. The van der Waals surface area contributed by atoms with Crippen molar-refractivity contribution in [3.05, 3.63) is 83.4 Å². The number of para-hydroxylation sites is 1. The molecule has 3 aromatic carbocycles. The lowest BCUT2D eigenvalue weighted by Crippen LogP contribution is -2.34. The van der Waals surface area contributed by atoms with E-state index in [0.717, 1.165) is 33.3 Å². The molecule has 7 heteroatoms. The number of carbonyl (C=O) groups excluding carboxylic acids is 1. The molecule has 0 spiro atoms. The van der Waals surface area contributed by atoms with E-state index in [2.05, 4.69) is 4.98 Å². The van der Waals surface area contributed by atoms with Crippen molar-refractivity contribution >= 4 is 22.8 Å². The van der Waals surface area contributed by atoms with Crippen molar-refractivity contribution < 1.29 is 24.2 Å². The minimum Gasteiger partial charge on any atom is -0.497 e. The fourth-order valence-electron chi connectivity index (χ4n) is 4.66. The van der Waals surface area contributed by atoms with Gasteiger partial charge in [-0.1, -0.05) is 36.4 Å². The predicted octanol–water partition coefficient (Wildman–Crippen LogP) is 4.48. The first kappa shape index (κ1) is 20.6. The van der Waals surface area contributed by atoms with Gasteiger partial charge in [0, 0.05) is 27.6 Å². The maximum absolute atomic E-state index is 13.3. The van der Waals surface area contributed by atoms with E-state index >= 15 is 0 Å². The van der Waals surface area contributed by atoms with Crippen LogP contribution in [0.1, 0.15) is 27.5 Å². The second kappa shape index (κ2) is 8.02. The van der Waals surface area contributed by atoms with E-state index in [-0.39, 0.29) is 5.91 Å². The number of amides is 1. The van der Waals surface area contributed by atoms with Gasteiger partial charge < -0.3 is 24.5 Å². The molecule has 0 unspecified atom stereocenters. The van der Waals surface area contributed by atoms with Crippen LogP contribution in [0.5, 0.6) is 11.5 Å². The number of ether oxygens (including phenoxy) is 2. The molecule has 1 aromatic heterocycles. The van der Waals surface area contributed by atoms with Crippen LogP contribution in [0.15, 0.2) is 66.7 Å². The van der Waals surface area contributed by atoms with Crippen molar-refractivity contribution in [2.75, 3.05) is 20.8 Å². The summed E-state index contributed by atoms with van der Waals surface area (Å²) in [5, 5.41) is 10.5. The van der Waals surface area contributed by atoms with Gasteiger partial charge >= 0.3 is 5.97 Å². The van der Waals surface area contributed by atoms with Crippen LogP contribution < -0.4 is 9.47 Å². The van der Waals surface area contributed by atoms with Crippen LogP contribution in [-0.2, 0) is 4.79 Å². The Kier molecular flexibility index (Phi) is 5.01. The Hall–Kier alpha value is -4.26. The molecule has 2 heterocycles. The van der Waals surface area contributed by atoms with Crippen LogP contribution in [0.2, 0.25) is 0 Å². The summed E-state index contributed by atoms with van der Waals surface area (Å²) in [5.74, 6) is -0.0833. The highest BCUT2D eigenvalue weighted by Crippen LogP contribution is 2.47. The summed E-state index contributed by atoms with van der Waals surface area (Å²) in [4.78, 5) is 29.9. The zero-order valence-corrected chi connectivity index (χ0v) is 18.2. The van der Waals surface area contributed by atoms with Crippen molar-refractivity contribution in [1.29, 1.82) is 0 Å². The molecule has 1 amide bonds. The number of aromatic nitrogens is 1. The Balaban J connectivity index is 1.84. The molecule has 1 aliphatic rings. The molecule has 0 saturated heterocycles. The number of rotatable bonds is 6. The van der Waals surface area contributed by atoms with Gasteiger partial charge in [0.1, 0.15) is 18.0 Å². The number of H-pyrrole nitrogens is 1. The third-order valence-electron chi connectivity index (χ3n) is 6.06. The number of methoxy groups -OCH3 is 2. The number of benzene rings is 3. The molecule has 166 valence electrons. The molecule has 1 aliphatic heterocycles. The monoisotopic (exact) mass is 442 g/mol. The minimum absolute atomic E-state index is 0.299. The maximum Gasteiger partial charge on any atom is 0.323 e. The lowest BCUT2D eigenvalue weighted by atomic mass is 9.93. The van der Waals surface area contributed by atoms with E-state index in [1.807, 2.05) is 54.6 Å². The summed E-state index contributed by atoms with van der Waals surface area (Å²) < 4.78 is 11.1. The number of nitrogens with zero attached hydrogens (tertiary/aromatic N) is 1. The number of carboxylic acid groups (broad SMARTS) is 1. The van der Waals surface area contributed by atoms with Crippen LogP contribution in [0, 0.1) is 0 Å². The first-order valence-corrected chi connectivity index (χ1v) is 10.5. The molecular formula is C26H22N2O5. The zero-order valence-electron chi connectivity index (χ0n) is 18.2. The van der Waals surface area contributed by atoms with E-state index in [1.54, 1.807) is 26.4 Å². The summed E-state index contributed by atoms with van der Waals surface area (Å²) in [6, 6.07) is 20.0. The first-order chi connectivity index (χ1) is 16.0. The summed E-state index contributed by atoms with van der Waals surface area (Å²) in [7, 11) is 3.19. The maximum atomic E-state index is 13.3. The molecule has 33 heavy (non-hydrogen) atoms. The van der Waals surface area contributed by atoms with Gasteiger partial charge in [-0.3, -0.25) is 9.59 Å². The van der Waals surface area contributed by atoms with Gasteiger partial charge in [-0.25, -0.2) is 0 Å². The molecule has 0 aliphatic carbocycles. The van der Waals surface area contributed by atoms with E-state index in [9.17, 15) is 14.7 Å². The largest absolute Gasteiger partial charge is 0.497 e. The minimum atomic E-state index is -1.07. The van der Waals surface area contributed by atoms with Crippen molar-refractivity contribution in [2.45, 2.75) is 6.04 Å². The highest BCUT2D eigenvalue weighted by molar-refractivity contribution is 6.03. The standard InChI is InChI=1S/C26H22N2O5/c1-32-15-11-12-21(33-2)19(13-15)24-23(18-9-5-6-10-20(18)27-24)25-16-7-3-4-8-17(16)26(31)28(25)14-22(29)30/h3-13,25,27H,14H2,1-2H3,(H,29,30)/t25-/m0/s1.